The molecule has 19 heavy (non-hydrogen) atoms. The minimum Gasteiger partial charge on any atom is -0.393 e. The average Bonchev–Trinajstić information content (AvgIpc) is 2.39. The van der Waals surface area contributed by atoms with Crippen LogP contribution in [-0.2, 0) is 4.79 Å². The van der Waals surface area contributed by atoms with Gasteiger partial charge >= 0.3 is 0 Å². The monoisotopic (exact) mass is 279 g/mol. The topological polar surface area (TPSA) is 49.3 Å². The number of benzene rings is 1. The first-order valence-electron chi connectivity index (χ1n) is 6.56. The van der Waals surface area contributed by atoms with E-state index in [0.29, 0.717) is 5.02 Å². The maximum Gasteiger partial charge on any atom is 0.244 e. The Balaban J connectivity index is 1.84. The van der Waals surface area contributed by atoms with Crippen molar-refractivity contribution in [2.24, 2.45) is 0 Å². The molecule has 0 atom stereocenters. The Labute approximate surface area is 118 Å². The highest BCUT2D eigenvalue weighted by Crippen LogP contribution is 2.18. The molecule has 2 N–H and O–H groups in total. The lowest BCUT2D eigenvalue weighted by Crippen LogP contribution is -2.37. The zero-order valence-electron chi connectivity index (χ0n) is 10.7. The van der Waals surface area contributed by atoms with Crippen LogP contribution in [0.25, 0.3) is 6.08 Å². The van der Waals surface area contributed by atoms with E-state index in [1.807, 2.05) is 18.2 Å². The van der Waals surface area contributed by atoms with E-state index in [4.69, 9.17) is 11.6 Å². The minimum atomic E-state index is -0.199. The third kappa shape index (κ3) is 4.69. The fraction of sp³-hybridized carbons (Fsp3) is 0.400. The van der Waals surface area contributed by atoms with Gasteiger partial charge in [-0.1, -0.05) is 23.7 Å². The predicted octanol–water partition coefficient (Wildman–Crippen LogP) is 2.77. The molecule has 0 aromatic heterocycles. The van der Waals surface area contributed by atoms with Crippen LogP contribution in [-0.4, -0.2) is 23.2 Å². The molecule has 0 heterocycles. The molecule has 0 spiro atoms. The van der Waals surface area contributed by atoms with Crippen molar-refractivity contribution < 1.29 is 9.90 Å². The van der Waals surface area contributed by atoms with Gasteiger partial charge in [0, 0.05) is 17.1 Å². The van der Waals surface area contributed by atoms with Gasteiger partial charge in [0.05, 0.1) is 6.10 Å². The molecule has 1 aliphatic carbocycles. The van der Waals surface area contributed by atoms with Crippen molar-refractivity contribution >= 4 is 23.6 Å². The number of hydrogen-bond donors (Lipinski definition) is 2. The molecular formula is C15H18ClNO2. The molecule has 1 aromatic carbocycles. The second-order valence-corrected chi connectivity index (χ2v) is 5.34. The molecule has 1 fully saturated rings. The third-order valence-corrected chi connectivity index (χ3v) is 3.55. The number of hydrogen-bond acceptors (Lipinski definition) is 2. The van der Waals surface area contributed by atoms with Gasteiger partial charge in [-0.2, -0.15) is 0 Å². The second-order valence-electron chi connectivity index (χ2n) is 4.90. The molecule has 0 unspecified atom stereocenters. The summed E-state index contributed by atoms with van der Waals surface area (Å²) < 4.78 is 0. The first kappa shape index (κ1) is 14.1. The number of nitrogens with one attached hydrogen (secondary N) is 1. The van der Waals surface area contributed by atoms with Crippen LogP contribution in [0.4, 0.5) is 0 Å². The zero-order chi connectivity index (χ0) is 13.7. The molecule has 4 heteroatoms. The standard InChI is InChI=1S/C15H18ClNO2/c16-12-3-1-2-11(10-12)4-9-15(19)17-13-5-7-14(18)8-6-13/h1-4,9-10,13-14,18H,5-8H2,(H,17,19)/b9-4+. The Bertz CT molecular complexity index is 465. The van der Waals surface area contributed by atoms with Gasteiger partial charge < -0.3 is 10.4 Å². The maximum absolute atomic E-state index is 11.8. The van der Waals surface area contributed by atoms with Gasteiger partial charge in [0.25, 0.3) is 0 Å². The van der Waals surface area contributed by atoms with Gasteiger partial charge in [0.2, 0.25) is 5.91 Å². The molecule has 2 rings (SSSR count). The lowest BCUT2D eigenvalue weighted by molar-refractivity contribution is -0.117. The number of aliphatic hydroxyl groups is 1. The van der Waals surface area contributed by atoms with Gasteiger partial charge in [0.15, 0.2) is 0 Å². The SMILES string of the molecule is O=C(/C=C/c1cccc(Cl)c1)NC1CCC(O)CC1. The summed E-state index contributed by atoms with van der Waals surface area (Å²) in [5.41, 5.74) is 0.904. The van der Waals surface area contributed by atoms with E-state index < -0.39 is 0 Å². The van der Waals surface area contributed by atoms with E-state index in [1.165, 1.54) is 6.08 Å². The van der Waals surface area contributed by atoms with Crippen LogP contribution >= 0.6 is 11.6 Å². The van der Waals surface area contributed by atoms with Crippen LogP contribution in [0.15, 0.2) is 30.3 Å². The normalized spacial score (nSPS) is 23.5. The lowest BCUT2D eigenvalue weighted by atomic mass is 9.93. The molecular weight excluding hydrogens is 262 g/mol. The largest absolute Gasteiger partial charge is 0.393 e. The quantitative estimate of drug-likeness (QED) is 0.836. The molecule has 3 nitrogen and oxygen atoms in total. The van der Waals surface area contributed by atoms with E-state index in [1.54, 1.807) is 12.1 Å². The second kappa shape index (κ2) is 6.73. The third-order valence-electron chi connectivity index (χ3n) is 3.32. The van der Waals surface area contributed by atoms with Crippen LogP contribution in [0.5, 0.6) is 0 Å². The number of carbonyl (C=O) groups is 1. The smallest absolute Gasteiger partial charge is 0.244 e. The van der Waals surface area contributed by atoms with E-state index in [2.05, 4.69) is 5.32 Å². The van der Waals surface area contributed by atoms with E-state index >= 15 is 0 Å². The fourth-order valence-corrected chi connectivity index (χ4v) is 2.45. The Morgan fingerprint density at radius 3 is 2.74 bits per heavy atom. The maximum atomic E-state index is 11.8. The van der Waals surface area contributed by atoms with Crippen molar-refractivity contribution in [2.45, 2.75) is 37.8 Å². The predicted molar refractivity (Wildman–Crippen MR) is 76.9 cm³/mol. The summed E-state index contributed by atoms with van der Waals surface area (Å²) in [5.74, 6) is -0.0960. The van der Waals surface area contributed by atoms with Crippen LogP contribution in [0, 0.1) is 0 Å². The van der Waals surface area contributed by atoms with Crippen LogP contribution in [0.1, 0.15) is 31.2 Å². The minimum absolute atomic E-state index is 0.0960. The van der Waals surface area contributed by atoms with Crippen LogP contribution in [0.2, 0.25) is 5.02 Å². The molecule has 1 aromatic rings. The Morgan fingerprint density at radius 1 is 1.32 bits per heavy atom. The van der Waals surface area contributed by atoms with Crippen molar-refractivity contribution in [3.8, 4) is 0 Å². The number of halogens is 1. The Kier molecular flexibility index (Phi) is 5.00. The molecule has 0 saturated heterocycles. The molecule has 0 bridgehead atoms. The van der Waals surface area contributed by atoms with E-state index in [0.717, 1.165) is 31.2 Å². The van der Waals surface area contributed by atoms with Crippen LogP contribution < -0.4 is 5.32 Å². The van der Waals surface area contributed by atoms with Crippen molar-refractivity contribution in [1.82, 2.24) is 5.32 Å². The molecule has 1 aliphatic rings. The molecule has 1 amide bonds. The van der Waals surface area contributed by atoms with E-state index in [9.17, 15) is 9.90 Å². The Hall–Kier alpha value is -1.32. The summed E-state index contributed by atoms with van der Waals surface area (Å²) in [6, 6.07) is 7.53. The zero-order valence-corrected chi connectivity index (χ0v) is 11.4. The highest BCUT2D eigenvalue weighted by atomic mass is 35.5. The number of aliphatic hydroxyl groups excluding tert-OH is 1. The first-order valence-corrected chi connectivity index (χ1v) is 6.93. The fourth-order valence-electron chi connectivity index (χ4n) is 2.25. The summed E-state index contributed by atoms with van der Waals surface area (Å²) in [6.07, 6.45) is 6.30. The van der Waals surface area contributed by atoms with Gasteiger partial charge in [0.1, 0.15) is 0 Å². The highest BCUT2D eigenvalue weighted by Gasteiger charge is 2.19. The van der Waals surface area contributed by atoms with Gasteiger partial charge in [-0.25, -0.2) is 0 Å². The van der Waals surface area contributed by atoms with Crippen molar-refractivity contribution in [3.63, 3.8) is 0 Å². The summed E-state index contributed by atoms with van der Waals surface area (Å²) in [7, 11) is 0. The average molecular weight is 280 g/mol. The molecule has 0 radical (unpaired) electrons. The summed E-state index contributed by atoms with van der Waals surface area (Å²) in [6.45, 7) is 0. The first-order chi connectivity index (χ1) is 9.13. The molecule has 102 valence electrons. The van der Waals surface area contributed by atoms with Crippen molar-refractivity contribution in [3.05, 3.63) is 40.9 Å². The Morgan fingerprint density at radius 2 is 2.05 bits per heavy atom. The van der Waals surface area contributed by atoms with Crippen LogP contribution in [0.3, 0.4) is 0 Å². The molecule has 0 aliphatic heterocycles. The lowest BCUT2D eigenvalue weighted by Gasteiger charge is -2.25. The number of rotatable bonds is 3. The van der Waals surface area contributed by atoms with Crippen molar-refractivity contribution in [1.29, 1.82) is 0 Å². The van der Waals surface area contributed by atoms with Crippen molar-refractivity contribution in [2.75, 3.05) is 0 Å². The molecule has 1 saturated carbocycles. The van der Waals surface area contributed by atoms with E-state index in [-0.39, 0.29) is 18.1 Å². The van der Waals surface area contributed by atoms with Gasteiger partial charge in [-0.3, -0.25) is 4.79 Å². The highest BCUT2D eigenvalue weighted by molar-refractivity contribution is 6.30. The number of amides is 1. The van der Waals surface area contributed by atoms with Gasteiger partial charge in [-0.05, 0) is 49.5 Å². The summed E-state index contributed by atoms with van der Waals surface area (Å²) in [4.78, 5) is 11.8. The summed E-state index contributed by atoms with van der Waals surface area (Å²) in [5, 5.41) is 13.0. The summed E-state index contributed by atoms with van der Waals surface area (Å²) >= 11 is 5.87. The number of carbonyl (C=O) groups excluding carboxylic acids is 1. The van der Waals surface area contributed by atoms with Gasteiger partial charge in [-0.15, -0.1) is 0 Å².